The highest BCUT2D eigenvalue weighted by molar-refractivity contribution is 9.10. The molecule has 0 fully saturated rings. The Morgan fingerprint density at radius 2 is 1.68 bits per heavy atom. The summed E-state index contributed by atoms with van der Waals surface area (Å²) in [4.78, 5) is 25.4. The van der Waals surface area contributed by atoms with Crippen LogP contribution in [0.3, 0.4) is 0 Å². The van der Waals surface area contributed by atoms with Crippen molar-refractivity contribution in [2.24, 2.45) is 0 Å². The fourth-order valence-corrected chi connectivity index (χ4v) is 5.58. The number of halogens is 2. The van der Waals surface area contributed by atoms with Crippen LogP contribution in [0.1, 0.15) is 21.5 Å². The van der Waals surface area contributed by atoms with Crippen molar-refractivity contribution < 1.29 is 9.59 Å². The Kier molecular flexibility index (Phi) is 9.18. The van der Waals surface area contributed by atoms with Crippen LogP contribution in [-0.2, 0) is 11.3 Å². The van der Waals surface area contributed by atoms with Gasteiger partial charge in [0.05, 0.1) is 23.0 Å². The summed E-state index contributed by atoms with van der Waals surface area (Å²) in [6.07, 6.45) is 0. The average molecular weight is 647 g/mol. The zero-order chi connectivity index (χ0) is 28.8. The molecule has 0 unspecified atom stereocenters. The Morgan fingerprint density at radius 1 is 0.902 bits per heavy atom. The van der Waals surface area contributed by atoms with E-state index >= 15 is 0 Å². The number of carbonyl (C=O) groups excluding carboxylic acids is 2. The number of nitrogens with one attached hydrogen (secondary N) is 2. The predicted molar refractivity (Wildman–Crippen MR) is 169 cm³/mol. The first-order valence-electron chi connectivity index (χ1n) is 12.7. The first-order valence-corrected chi connectivity index (χ1v) is 14.8. The normalized spacial score (nSPS) is 10.8. The molecule has 1 aromatic heterocycles. The van der Waals surface area contributed by atoms with Crippen LogP contribution in [0, 0.1) is 6.92 Å². The van der Waals surface area contributed by atoms with Crippen molar-refractivity contribution in [3.8, 4) is 11.4 Å². The molecule has 0 aliphatic rings. The average Bonchev–Trinajstić information content (AvgIpc) is 3.36. The first-order chi connectivity index (χ1) is 19.9. The van der Waals surface area contributed by atoms with Gasteiger partial charge < -0.3 is 10.6 Å². The lowest BCUT2D eigenvalue weighted by atomic mass is 10.1. The maximum atomic E-state index is 12.7. The zero-order valence-corrected chi connectivity index (χ0v) is 25.1. The molecule has 7 nitrogen and oxygen atoms in total. The molecule has 0 bridgehead atoms. The van der Waals surface area contributed by atoms with Gasteiger partial charge in [0.25, 0.3) is 5.91 Å². The number of aromatic nitrogens is 3. The summed E-state index contributed by atoms with van der Waals surface area (Å²) in [5.41, 5.74) is 4.75. The predicted octanol–water partition coefficient (Wildman–Crippen LogP) is 7.70. The van der Waals surface area contributed by atoms with Crippen LogP contribution in [0.5, 0.6) is 0 Å². The lowest BCUT2D eigenvalue weighted by Crippen LogP contribution is -2.15. The van der Waals surface area contributed by atoms with Crippen molar-refractivity contribution in [2.45, 2.75) is 18.6 Å². The van der Waals surface area contributed by atoms with Gasteiger partial charge in [-0.3, -0.25) is 14.2 Å². The number of nitrogens with zero attached hydrogens (tertiary/aromatic N) is 3. The van der Waals surface area contributed by atoms with E-state index in [9.17, 15) is 9.59 Å². The second-order valence-electron chi connectivity index (χ2n) is 9.24. The lowest BCUT2D eigenvalue weighted by Gasteiger charge is -2.12. The molecule has 0 radical (unpaired) electrons. The van der Waals surface area contributed by atoms with Crippen LogP contribution < -0.4 is 10.6 Å². The maximum Gasteiger partial charge on any atom is 0.255 e. The Bertz CT molecular complexity index is 1690. The number of rotatable bonds is 9. The molecule has 5 aromatic rings. The Hall–Kier alpha value is -3.92. The minimum atomic E-state index is -0.205. The highest BCUT2D eigenvalue weighted by atomic mass is 79.9. The van der Waals surface area contributed by atoms with Gasteiger partial charge in [0.2, 0.25) is 5.91 Å². The molecular formula is C31H25BrClN5O2S. The van der Waals surface area contributed by atoms with E-state index < -0.39 is 0 Å². The molecule has 41 heavy (non-hydrogen) atoms. The molecule has 206 valence electrons. The van der Waals surface area contributed by atoms with Crippen molar-refractivity contribution >= 4 is 62.5 Å². The number of hydrogen-bond acceptors (Lipinski definition) is 5. The minimum Gasteiger partial charge on any atom is -0.324 e. The van der Waals surface area contributed by atoms with Gasteiger partial charge in [0.1, 0.15) is 0 Å². The van der Waals surface area contributed by atoms with Crippen molar-refractivity contribution in [3.05, 3.63) is 123 Å². The monoisotopic (exact) mass is 645 g/mol. The fraction of sp³-hybridized carbons (Fsp3) is 0.0968. The SMILES string of the molecule is Cc1cccc(C(=O)Nc2ccc(-c3nnc(SCC(=O)Nc4ccc(Br)cc4Cl)n3Cc3ccccc3)cc2)c1. The van der Waals surface area contributed by atoms with Crippen LogP contribution in [-0.4, -0.2) is 32.3 Å². The van der Waals surface area contributed by atoms with Gasteiger partial charge in [0.15, 0.2) is 11.0 Å². The molecule has 4 aromatic carbocycles. The number of benzene rings is 4. The van der Waals surface area contributed by atoms with Gasteiger partial charge in [-0.25, -0.2) is 0 Å². The number of thioether (sulfide) groups is 1. The molecule has 0 atom stereocenters. The van der Waals surface area contributed by atoms with Crippen LogP contribution in [0.2, 0.25) is 5.02 Å². The zero-order valence-electron chi connectivity index (χ0n) is 22.0. The van der Waals surface area contributed by atoms with E-state index in [1.165, 1.54) is 11.8 Å². The number of amides is 2. The van der Waals surface area contributed by atoms with Crippen molar-refractivity contribution in [1.29, 1.82) is 0 Å². The number of carbonyl (C=O) groups is 2. The largest absolute Gasteiger partial charge is 0.324 e. The summed E-state index contributed by atoms with van der Waals surface area (Å²) in [5.74, 6) is 0.409. The van der Waals surface area contributed by atoms with E-state index in [1.807, 2.05) is 90.4 Å². The lowest BCUT2D eigenvalue weighted by molar-refractivity contribution is -0.113. The highest BCUT2D eigenvalue weighted by Gasteiger charge is 2.17. The van der Waals surface area contributed by atoms with Crippen LogP contribution in [0.15, 0.2) is 107 Å². The van der Waals surface area contributed by atoms with E-state index in [0.29, 0.717) is 39.5 Å². The van der Waals surface area contributed by atoms with E-state index in [0.717, 1.165) is 21.2 Å². The third-order valence-corrected chi connectivity index (χ3v) is 7.89. The molecule has 1 heterocycles. The summed E-state index contributed by atoms with van der Waals surface area (Å²) < 4.78 is 2.82. The molecule has 0 saturated carbocycles. The van der Waals surface area contributed by atoms with Crippen molar-refractivity contribution in [3.63, 3.8) is 0 Å². The van der Waals surface area contributed by atoms with Crippen LogP contribution in [0.25, 0.3) is 11.4 Å². The molecule has 0 aliphatic carbocycles. The Labute approximate surface area is 255 Å². The van der Waals surface area contributed by atoms with Crippen LogP contribution in [0.4, 0.5) is 11.4 Å². The summed E-state index contributed by atoms with van der Waals surface area (Å²) in [5, 5.41) is 15.7. The number of aryl methyl sites for hydroxylation is 1. The van der Waals surface area contributed by atoms with Gasteiger partial charge >= 0.3 is 0 Å². The highest BCUT2D eigenvalue weighted by Crippen LogP contribution is 2.28. The van der Waals surface area contributed by atoms with Gasteiger partial charge in [-0.05, 0) is 67.1 Å². The molecule has 0 spiro atoms. The first kappa shape index (κ1) is 28.6. The van der Waals surface area contributed by atoms with Gasteiger partial charge in [0, 0.05) is 21.3 Å². The summed E-state index contributed by atoms with van der Waals surface area (Å²) in [6.45, 7) is 2.48. The standard InChI is InChI=1S/C31H25BrClN5O2S/c1-20-6-5-9-23(16-20)30(40)34-25-13-10-22(11-14-25)29-36-37-31(38(29)18-21-7-3-2-4-8-21)41-19-28(39)35-27-15-12-24(32)17-26(27)33/h2-17H,18-19H2,1H3,(H,34,40)(H,35,39). The topological polar surface area (TPSA) is 88.9 Å². The van der Waals surface area contributed by atoms with Crippen LogP contribution >= 0.6 is 39.3 Å². The molecule has 0 aliphatic heterocycles. The number of hydrogen-bond donors (Lipinski definition) is 2. The third-order valence-electron chi connectivity index (χ3n) is 6.12. The maximum absolute atomic E-state index is 12.7. The third kappa shape index (κ3) is 7.43. The van der Waals surface area contributed by atoms with Gasteiger partial charge in [-0.2, -0.15) is 0 Å². The summed E-state index contributed by atoms with van der Waals surface area (Å²) >= 11 is 10.9. The fourth-order valence-electron chi connectivity index (χ4n) is 4.12. The molecule has 2 N–H and O–H groups in total. The van der Waals surface area contributed by atoms with Gasteiger partial charge in [-0.15, -0.1) is 10.2 Å². The van der Waals surface area contributed by atoms with E-state index in [-0.39, 0.29) is 17.6 Å². The molecule has 5 rings (SSSR count). The van der Waals surface area contributed by atoms with Gasteiger partial charge in [-0.1, -0.05) is 87.3 Å². The van der Waals surface area contributed by atoms with E-state index in [1.54, 1.807) is 18.2 Å². The van der Waals surface area contributed by atoms with Crippen molar-refractivity contribution in [1.82, 2.24) is 14.8 Å². The molecular weight excluding hydrogens is 622 g/mol. The molecule has 0 saturated heterocycles. The second kappa shape index (κ2) is 13.2. The van der Waals surface area contributed by atoms with Crippen molar-refractivity contribution in [2.75, 3.05) is 16.4 Å². The smallest absolute Gasteiger partial charge is 0.255 e. The minimum absolute atomic E-state index is 0.128. The molecule has 10 heteroatoms. The summed E-state index contributed by atoms with van der Waals surface area (Å²) in [6, 6.07) is 30.2. The number of anilines is 2. The Morgan fingerprint density at radius 3 is 2.41 bits per heavy atom. The quantitative estimate of drug-likeness (QED) is 0.160. The second-order valence-corrected chi connectivity index (χ2v) is 11.5. The molecule has 2 amide bonds. The van der Waals surface area contributed by atoms with E-state index in [4.69, 9.17) is 11.6 Å². The summed E-state index contributed by atoms with van der Waals surface area (Å²) in [7, 11) is 0. The van der Waals surface area contributed by atoms with E-state index in [2.05, 4.69) is 36.8 Å². The Balaban J connectivity index is 1.33.